The van der Waals surface area contributed by atoms with Gasteiger partial charge >= 0.3 is 0 Å². The molecule has 0 bridgehead atoms. The summed E-state index contributed by atoms with van der Waals surface area (Å²) in [4.78, 5) is 87.1. The maximum absolute atomic E-state index is 13.2. The molecule has 0 spiro atoms. The summed E-state index contributed by atoms with van der Waals surface area (Å²) in [6.45, 7) is 4.03. The minimum atomic E-state index is -0.992. The second-order valence-electron chi connectivity index (χ2n) is 16.0. The molecule has 5 heterocycles. The number of carbonyl (C=O) groups excluding carboxylic acids is 6. The molecular formula is C45H48N10O9. The molecule has 2 fully saturated rings. The van der Waals surface area contributed by atoms with Crippen molar-refractivity contribution >= 4 is 46.9 Å². The summed E-state index contributed by atoms with van der Waals surface area (Å²) in [7, 11) is 1.99. The number of pyridine rings is 1. The summed E-state index contributed by atoms with van der Waals surface area (Å²) in [5, 5.41) is 12.5. The summed E-state index contributed by atoms with van der Waals surface area (Å²) in [5.41, 5.74) is 9.42. The zero-order chi connectivity index (χ0) is 44.7. The van der Waals surface area contributed by atoms with Gasteiger partial charge in [0.15, 0.2) is 11.4 Å². The van der Waals surface area contributed by atoms with E-state index >= 15 is 0 Å². The number of primary amides is 1. The van der Waals surface area contributed by atoms with Crippen molar-refractivity contribution in [3.63, 3.8) is 0 Å². The summed E-state index contributed by atoms with van der Waals surface area (Å²) in [6, 6.07) is 15.3. The van der Waals surface area contributed by atoms with Gasteiger partial charge in [-0.05, 0) is 92.6 Å². The molecule has 3 aliphatic rings. The zero-order valence-corrected chi connectivity index (χ0v) is 35.2. The van der Waals surface area contributed by atoms with Crippen LogP contribution in [0.1, 0.15) is 84.9 Å². The van der Waals surface area contributed by atoms with Crippen molar-refractivity contribution in [3.8, 4) is 17.1 Å². The zero-order valence-electron chi connectivity index (χ0n) is 35.2. The number of oxazole rings is 1. The van der Waals surface area contributed by atoms with E-state index in [0.717, 1.165) is 22.6 Å². The Morgan fingerprint density at radius 1 is 0.938 bits per heavy atom. The SMILES string of the molecule is CN(CCOCCOCCCc1ccc2c(c1)C(=O)N(C1CCC(=O)NC1=O)C2=O)Cc1ccc(-n2cc(NC(=O)c3coc(-c4ccnc(NCC5CC5)c4)n3)c(C(N)=O)n2)cc1. The molecule has 19 heteroatoms. The van der Waals surface area contributed by atoms with Gasteiger partial charge in [-0.25, -0.2) is 14.6 Å². The molecule has 1 saturated heterocycles. The van der Waals surface area contributed by atoms with Crippen LogP contribution in [0, 0.1) is 5.92 Å². The van der Waals surface area contributed by atoms with Crippen LogP contribution < -0.4 is 21.7 Å². The lowest BCUT2D eigenvalue weighted by atomic mass is 10.0. The number of carbonyl (C=O) groups is 6. The number of likely N-dealkylation sites (N-methyl/N-ethyl adjacent to an activating group) is 1. The number of rotatable bonds is 21. The number of nitrogens with two attached hydrogens (primary N) is 1. The minimum absolute atomic E-state index is 0.0143. The molecule has 1 unspecified atom stereocenters. The molecule has 5 aromatic rings. The highest BCUT2D eigenvalue weighted by Crippen LogP contribution is 2.30. The molecule has 2 aromatic carbocycles. The Bertz CT molecular complexity index is 2570. The average molecular weight is 873 g/mol. The summed E-state index contributed by atoms with van der Waals surface area (Å²) in [6.07, 6.45) is 8.36. The molecule has 6 amide bonds. The molecule has 332 valence electrons. The fraction of sp³-hybridized carbons (Fsp3) is 0.356. The lowest BCUT2D eigenvalue weighted by molar-refractivity contribution is -0.136. The van der Waals surface area contributed by atoms with Gasteiger partial charge in [-0.2, -0.15) is 5.10 Å². The van der Waals surface area contributed by atoms with Crippen molar-refractivity contribution in [2.24, 2.45) is 11.7 Å². The van der Waals surface area contributed by atoms with Crippen LogP contribution in [0.25, 0.3) is 17.1 Å². The third-order valence-electron chi connectivity index (χ3n) is 11.1. The van der Waals surface area contributed by atoms with E-state index in [1.807, 2.05) is 37.4 Å². The lowest BCUT2D eigenvalue weighted by Crippen LogP contribution is -2.54. The first-order chi connectivity index (χ1) is 31.0. The van der Waals surface area contributed by atoms with Crippen LogP contribution in [-0.4, -0.2) is 118 Å². The maximum Gasteiger partial charge on any atom is 0.277 e. The number of anilines is 2. The molecular weight excluding hydrogens is 825 g/mol. The number of aryl methyl sites for hydroxylation is 1. The standard InChI is InChI=1S/C45H48N10O9/c1-53(16-18-63-20-19-62-17-2-3-27-8-11-32-33(21-27)45(61)55(44(32)60)36-12-13-38(56)51-42(36)59)24-29-6-9-31(10-7-29)54-25-34(39(52-54)40(46)57)49-41(58)35-26-64-43(50-35)30-14-15-47-37(22-30)48-23-28-4-5-28/h6-11,14-15,21-22,25-26,28,36H,2-5,12-13,16-20,23-24H2,1H3,(H2,46,57)(H,47,48)(H,49,58)(H,51,56,59). The van der Waals surface area contributed by atoms with Crippen molar-refractivity contribution in [3.05, 3.63) is 107 Å². The molecule has 64 heavy (non-hydrogen) atoms. The second-order valence-corrected chi connectivity index (χ2v) is 16.0. The van der Waals surface area contributed by atoms with Gasteiger partial charge in [0, 0.05) is 44.4 Å². The highest BCUT2D eigenvalue weighted by Gasteiger charge is 2.44. The Morgan fingerprint density at radius 2 is 1.70 bits per heavy atom. The van der Waals surface area contributed by atoms with Crippen LogP contribution >= 0.6 is 0 Å². The van der Waals surface area contributed by atoms with Gasteiger partial charge < -0.3 is 30.3 Å². The van der Waals surface area contributed by atoms with Crippen LogP contribution in [0.15, 0.2) is 77.7 Å². The van der Waals surface area contributed by atoms with Crippen molar-refractivity contribution in [1.29, 1.82) is 0 Å². The first-order valence-electron chi connectivity index (χ1n) is 21.1. The Morgan fingerprint density at radius 3 is 2.47 bits per heavy atom. The minimum Gasteiger partial charge on any atom is -0.444 e. The van der Waals surface area contributed by atoms with Gasteiger partial charge in [0.1, 0.15) is 18.1 Å². The number of amides is 6. The maximum atomic E-state index is 13.2. The first-order valence-corrected chi connectivity index (χ1v) is 21.1. The van der Waals surface area contributed by atoms with Crippen LogP contribution in [0.3, 0.4) is 0 Å². The van der Waals surface area contributed by atoms with E-state index < -0.39 is 41.5 Å². The van der Waals surface area contributed by atoms with Crippen LogP contribution in [0.2, 0.25) is 0 Å². The van der Waals surface area contributed by atoms with Crippen molar-refractivity contribution in [2.75, 3.05) is 57.2 Å². The molecule has 1 saturated carbocycles. The van der Waals surface area contributed by atoms with Gasteiger partial charge in [-0.1, -0.05) is 18.2 Å². The van der Waals surface area contributed by atoms with Gasteiger partial charge in [-0.15, -0.1) is 0 Å². The molecule has 1 atom stereocenters. The van der Waals surface area contributed by atoms with E-state index in [4.69, 9.17) is 19.6 Å². The van der Waals surface area contributed by atoms with E-state index in [-0.39, 0.29) is 46.9 Å². The molecule has 3 aromatic heterocycles. The third kappa shape index (κ3) is 10.4. The largest absolute Gasteiger partial charge is 0.444 e. The number of nitrogens with one attached hydrogen (secondary N) is 3. The fourth-order valence-corrected chi connectivity index (χ4v) is 7.45. The molecule has 0 radical (unpaired) electrons. The fourth-order valence-electron chi connectivity index (χ4n) is 7.45. The highest BCUT2D eigenvalue weighted by molar-refractivity contribution is 6.23. The Hall–Kier alpha value is -7.09. The summed E-state index contributed by atoms with van der Waals surface area (Å²) >= 11 is 0. The van der Waals surface area contributed by atoms with Gasteiger partial charge in [0.2, 0.25) is 17.7 Å². The molecule has 19 nitrogen and oxygen atoms in total. The smallest absolute Gasteiger partial charge is 0.277 e. The van der Waals surface area contributed by atoms with Crippen LogP contribution in [-0.2, 0) is 32.0 Å². The number of benzene rings is 2. The molecule has 8 rings (SSSR count). The number of hydrogen-bond donors (Lipinski definition) is 4. The normalized spacial score (nSPS) is 16.0. The molecule has 2 aliphatic heterocycles. The molecule has 1 aliphatic carbocycles. The van der Waals surface area contributed by atoms with E-state index in [1.165, 1.54) is 30.0 Å². The van der Waals surface area contributed by atoms with E-state index in [1.54, 1.807) is 30.5 Å². The average Bonchev–Trinajstić information content (AvgIpc) is 3.70. The van der Waals surface area contributed by atoms with Crippen molar-refractivity contribution < 1.29 is 42.7 Å². The van der Waals surface area contributed by atoms with E-state index in [2.05, 4.69) is 35.9 Å². The van der Waals surface area contributed by atoms with Crippen molar-refractivity contribution in [2.45, 2.75) is 51.1 Å². The summed E-state index contributed by atoms with van der Waals surface area (Å²) in [5.74, 6) is -1.86. The number of piperidine rings is 1. The van der Waals surface area contributed by atoms with E-state index in [0.29, 0.717) is 75.3 Å². The number of hydrogen-bond acceptors (Lipinski definition) is 14. The topological polar surface area (TPSA) is 246 Å². The van der Waals surface area contributed by atoms with Crippen molar-refractivity contribution in [1.82, 2.24) is 34.9 Å². The van der Waals surface area contributed by atoms with E-state index in [9.17, 15) is 28.8 Å². The quantitative estimate of drug-likeness (QED) is 0.0608. The third-order valence-corrected chi connectivity index (χ3v) is 11.1. The van der Waals surface area contributed by atoms with Gasteiger partial charge in [0.25, 0.3) is 23.6 Å². The predicted molar refractivity (Wildman–Crippen MR) is 230 cm³/mol. The predicted octanol–water partition coefficient (Wildman–Crippen LogP) is 3.59. The number of fused-ring (bicyclic) bond motifs is 1. The lowest BCUT2D eigenvalue weighted by Gasteiger charge is -2.27. The highest BCUT2D eigenvalue weighted by atomic mass is 16.5. The van der Waals surface area contributed by atoms with Crippen LogP contribution in [0.4, 0.5) is 11.5 Å². The van der Waals surface area contributed by atoms with Gasteiger partial charge in [-0.3, -0.25) is 43.9 Å². The monoisotopic (exact) mass is 872 g/mol. The number of imide groups is 2. The Labute approximate surface area is 367 Å². The number of nitrogens with zero attached hydrogens (tertiary/aromatic N) is 6. The Balaban J connectivity index is 0.732. The van der Waals surface area contributed by atoms with Crippen LogP contribution in [0.5, 0.6) is 0 Å². The second kappa shape index (κ2) is 19.5. The first kappa shape index (κ1) is 43.6. The number of ether oxygens (including phenoxy) is 2. The van der Waals surface area contributed by atoms with Gasteiger partial charge in [0.05, 0.1) is 48.5 Å². The molecule has 5 N–H and O–H groups in total. The Kier molecular flexibility index (Phi) is 13.3. The summed E-state index contributed by atoms with van der Waals surface area (Å²) < 4.78 is 18.6. The number of aromatic nitrogens is 4.